The molecule has 0 saturated heterocycles. The average molecular weight is 950 g/mol. The molecular weight excluding hydrogens is 915 g/mol. The molecule has 0 radical (unpaired) electrons. The molecule has 9 aromatic carbocycles. The molecule has 15 rings (SSSR count). The van der Waals surface area contributed by atoms with Crippen molar-refractivity contribution in [2.75, 3.05) is 0 Å². The third kappa shape index (κ3) is 6.30. The Morgan fingerprint density at radius 3 is 1.43 bits per heavy atom. The fourth-order valence-corrected chi connectivity index (χ4v) is 10.7. The Labute approximate surface area is 419 Å². The van der Waals surface area contributed by atoms with Crippen molar-refractivity contribution in [2.24, 2.45) is 0 Å². The molecule has 6 heterocycles. The summed E-state index contributed by atoms with van der Waals surface area (Å²) in [4.78, 5) is 65.1. The van der Waals surface area contributed by atoms with Crippen LogP contribution in [0.2, 0.25) is 0 Å². The van der Waals surface area contributed by atoms with E-state index in [9.17, 15) is 9.59 Å². The molecule has 0 aliphatic rings. The second kappa shape index (κ2) is 16.1. The van der Waals surface area contributed by atoms with E-state index in [2.05, 4.69) is 18.2 Å². The molecule has 0 unspecified atom stereocenters. The van der Waals surface area contributed by atoms with Gasteiger partial charge in [-0.1, -0.05) is 182 Å². The van der Waals surface area contributed by atoms with E-state index in [1.54, 1.807) is 8.80 Å². The van der Waals surface area contributed by atoms with Crippen LogP contribution in [0.3, 0.4) is 0 Å². The van der Waals surface area contributed by atoms with E-state index >= 15 is 0 Å². The molecule has 6 aromatic heterocycles. The van der Waals surface area contributed by atoms with Crippen molar-refractivity contribution in [2.45, 2.75) is 0 Å². The molecule has 0 N–H and O–H groups in total. The van der Waals surface area contributed by atoms with Gasteiger partial charge in [0.15, 0.2) is 23.3 Å². The van der Waals surface area contributed by atoms with Crippen LogP contribution >= 0.6 is 0 Å². The van der Waals surface area contributed by atoms with Crippen molar-refractivity contribution in [3.63, 3.8) is 0 Å². The Morgan fingerprint density at radius 1 is 0.284 bits per heavy atom. The van der Waals surface area contributed by atoms with Gasteiger partial charge in [0.05, 0.1) is 33.3 Å². The summed E-state index contributed by atoms with van der Waals surface area (Å²) in [7, 11) is 0. The molecule has 344 valence electrons. The zero-order valence-corrected chi connectivity index (χ0v) is 39.0. The van der Waals surface area contributed by atoms with Crippen LogP contribution in [-0.2, 0) is 0 Å². The van der Waals surface area contributed by atoms with E-state index in [0.29, 0.717) is 67.8 Å². The maximum Gasteiger partial charge on any atom is 0.264 e. The number of fused-ring (bicyclic) bond motifs is 6. The minimum absolute atomic E-state index is 0.158. The summed E-state index contributed by atoms with van der Waals surface area (Å²) in [5.41, 5.74) is 9.96. The molecule has 0 bridgehead atoms. The van der Waals surface area contributed by atoms with Crippen molar-refractivity contribution < 1.29 is 0 Å². The van der Waals surface area contributed by atoms with Gasteiger partial charge in [-0.25, -0.2) is 34.9 Å². The molecular formula is C63H35N9O2. The summed E-state index contributed by atoms with van der Waals surface area (Å²) in [5, 5.41) is 5.26. The van der Waals surface area contributed by atoms with Gasteiger partial charge in [0.1, 0.15) is 5.82 Å². The van der Waals surface area contributed by atoms with Crippen molar-refractivity contribution in [1.29, 1.82) is 0 Å². The summed E-state index contributed by atoms with van der Waals surface area (Å²) in [6.45, 7) is 0. The first-order valence-electron chi connectivity index (χ1n) is 24.2. The molecule has 0 atom stereocenters. The summed E-state index contributed by atoms with van der Waals surface area (Å²) in [6, 6.07) is 69.3. The minimum atomic E-state index is -0.224. The van der Waals surface area contributed by atoms with Crippen LogP contribution in [-0.4, -0.2) is 43.7 Å². The monoisotopic (exact) mass is 949 g/mol. The molecule has 0 saturated carbocycles. The normalized spacial score (nSPS) is 11.9. The van der Waals surface area contributed by atoms with Gasteiger partial charge in [-0.3, -0.25) is 18.4 Å². The van der Waals surface area contributed by atoms with Gasteiger partial charge in [-0.05, 0) is 52.2 Å². The number of benzene rings is 9. The first-order valence-corrected chi connectivity index (χ1v) is 24.2. The first kappa shape index (κ1) is 41.4. The van der Waals surface area contributed by atoms with E-state index < -0.39 is 0 Å². The van der Waals surface area contributed by atoms with Gasteiger partial charge in [0.25, 0.3) is 11.1 Å². The quantitative estimate of drug-likeness (QED) is 0.143. The Kier molecular flexibility index (Phi) is 8.99. The molecule has 0 fully saturated rings. The molecule has 74 heavy (non-hydrogen) atoms. The molecule has 11 nitrogen and oxygen atoms in total. The van der Waals surface area contributed by atoms with Gasteiger partial charge >= 0.3 is 0 Å². The fourth-order valence-electron chi connectivity index (χ4n) is 10.7. The predicted octanol–water partition coefficient (Wildman–Crippen LogP) is 13.0. The Hall–Kier alpha value is -10.4. The number of hydrogen-bond acceptors (Lipinski definition) is 9. The summed E-state index contributed by atoms with van der Waals surface area (Å²) < 4.78 is 3.39. The van der Waals surface area contributed by atoms with E-state index in [-0.39, 0.29) is 11.1 Å². The van der Waals surface area contributed by atoms with E-state index in [0.717, 1.165) is 77.1 Å². The summed E-state index contributed by atoms with van der Waals surface area (Å²) in [5.74, 6) is 2.72. The van der Waals surface area contributed by atoms with E-state index in [1.165, 1.54) is 0 Å². The SMILES string of the molecule is O=c1c2ccc(-c3ccc(-c4nc5cc6c(-c7ccccc7)nc(-c7ccccc7)nc6c6c7ccccc7c(=O)n4c56)cc3)cc2c2cccc3nc(-c4nc(-c5ccccc5)nc(-c5ccccc5)n4)n1c32. The van der Waals surface area contributed by atoms with Crippen LogP contribution in [0.5, 0.6) is 0 Å². The van der Waals surface area contributed by atoms with Crippen molar-refractivity contribution in [3.05, 3.63) is 233 Å². The number of hydrogen-bond donors (Lipinski definition) is 0. The maximum atomic E-state index is 14.8. The largest absolute Gasteiger partial charge is 0.268 e. The highest BCUT2D eigenvalue weighted by atomic mass is 16.1. The van der Waals surface area contributed by atoms with Crippen molar-refractivity contribution in [1.82, 2.24) is 43.7 Å². The number of imidazole rings is 2. The van der Waals surface area contributed by atoms with Crippen LogP contribution < -0.4 is 11.1 Å². The Morgan fingerprint density at radius 2 is 0.784 bits per heavy atom. The van der Waals surface area contributed by atoms with Gasteiger partial charge in [0, 0.05) is 54.7 Å². The minimum Gasteiger partial charge on any atom is -0.268 e. The lowest BCUT2D eigenvalue weighted by molar-refractivity contribution is 1.02. The van der Waals surface area contributed by atoms with Crippen LogP contribution in [0.1, 0.15) is 0 Å². The number of nitrogens with zero attached hydrogens (tertiary/aromatic N) is 9. The van der Waals surface area contributed by atoms with Crippen LogP contribution in [0.4, 0.5) is 0 Å². The standard InChI is InChI=1S/C63H35N9O2/c73-62-45-25-14-13-24-43(45)51-53-48(52(37-16-5-1-6-17-37)66-56(67-53)38-18-7-2-8-19-38)35-50-55(51)72(62)60(65-50)41-30-28-36(29-31-41)42-32-33-46-47(34-42)44-26-15-27-49-54(44)71(63(46)74)61(64-49)59-69-57(39-20-9-3-10-21-39)68-58(70-59)40-22-11-4-12-23-40/h1-35H. The second-order valence-corrected chi connectivity index (χ2v) is 18.4. The van der Waals surface area contributed by atoms with Crippen LogP contribution in [0.15, 0.2) is 222 Å². The third-order valence-electron chi connectivity index (χ3n) is 14.1. The summed E-state index contributed by atoms with van der Waals surface area (Å²) in [6.07, 6.45) is 0. The lowest BCUT2D eigenvalue weighted by Gasteiger charge is -2.13. The lowest BCUT2D eigenvalue weighted by atomic mass is 9.98. The maximum absolute atomic E-state index is 14.8. The highest BCUT2D eigenvalue weighted by Crippen LogP contribution is 2.41. The van der Waals surface area contributed by atoms with E-state index in [1.807, 2.05) is 194 Å². The molecule has 0 spiro atoms. The van der Waals surface area contributed by atoms with E-state index in [4.69, 9.17) is 34.9 Å². The molecule has 0 aliphatic heterocycles. The third-order valence-corrected chi connectivity index (χ3v) is 14.1. The topological polar surface area (TPSA) is 133 Å². The molecule has 11 heteroatoms. The van der Waals surface area contributed by atoms with Gasteiger partial charge in [-0.2, -0.15) is 0 Å². The second-order valence-electron chi connectivity index (χ2n) is 18.4. The number of aromatic nitrogens is 9. The Bertz CT molecular complexity index is 4800. The number of para-hydroxylation sites is 1. The molecule has 0 amide bonds. The van der Waals surface area contributed by atoms with Crippen LogP contribution in [0, 0.1) is 0 Å². The Balaban J connectivity index is 0.876. The number of pyridine rings is 2. The van der Waals surface area contributed by atoms with Gasteiger partial charge < -0.3 is 0 Å². The smallest absolute Gasteiger partial charge is 0.264 e. The highest BCUT2D eigenvalue weighted by Gasteiger charge is 2.26. The zero-order valence-electron chi connectivity index (χ0n) is 39.0. The summed E-state index contributed by atoms with van der Waals surface area (Å²) >= 11 is 0. The van der Waals surface area contributed by atoms with Gasteiger partial charge in [0.2, 0.25) is 5.82 Å². The molecule has 0 aliphatic carbocycles. The van der Waals surface area contributed by atoms with Crippen LogP contribution in [0.25, 0.3) is 145 Å². The van der Waals surface area contributed by atoms with Gasteiger partial charge in [-0.15, -0.1) is 0 Å². The number of rotatable bonds is 7. The average Bonchev–Trinajstić information content (AvgIpc) is 4.08. The zero-order chi connectivity index (χ0) is 49.0. The molecule has 15 aromatic rings. The lowest BCUT2D eigenvalue weighted by Crippen LogP contribution is -2.15. The van der Waals surface area contributed by atoms with Crippen molar-refractivity contribution in [3.8, 4) is 79.6 Å². The fraction of sp³-hybridized carbons (Fsp3) is 0. The highest BCUT2D eigenvalue weighted by molar-refractivity contribution is 6.24. The first-order chi connectivity index (χ1) is 36.5. The van der Waals surface area contributed by atoms with Crippen molar-refractivity contribution >= 4 is 65.3 Å². The predicted molar refractivity (Wildman–Crippen MR) is 293 cm³/mol.